The van der Waals surface area contributed by atoms with Crippen LogP contribution in [0, 0.1) is 6.92 Å². The van der Waals surface area contributed by atoms with Gasteiger partial charge in [0.1, 0.15) is 17.6 Å². The van der Waals surface area contributed by atoms with E-state index in [0.717, 1.165) is 29.9 Å². The van der Waals surface area contributed by atoms with E-state index in [0.29, 0.717) is 13.1 Å². The van der Waals surface area contributed by atoms with Gasteiger partial charge >= 0.3 is 0 Å². The Bertz CT molecular complexity index is 667. The number of pyridine rings is 1. The molecule has 0 bridgehead atoms. The van der Waals surface area contributed by atoms with Crippen LogP contribution in [-0.4, -0.2) is 41.6 Å². The molecule has 0 radical (unpaired) electrons. The number of piperidine rings is 1. The number of carbonyl (C=O) groups excluding carboxylic acids is 1. The molecule has 24 heavy (non-hydrogen) atoms. The summed E-state index contributed by atoms with van der Waals surface area (Å²) in [7, 11) is 0. The number of amides is 1. The lowest BCUT2D eigenvalue weighted by Crippen LogP contribution is -2.43. The molecule has 0 unspecified atom stereocenters. The summed E-state index contributed by atoms with van der Waals surface area (Å²) in [4.78, 5) is 18.2. The van der Waals surface area contributed by atoms with E-state index in [9.17, 15) is 4.79 Å². The normalized spacial score (nSPS) is 15.1. The molecule has 1 aliphatic heterocycles. The number of hydrogen-bond donors (Lipinski definition) is 0. The minimum Gasteiger partial charge on any atom is -0.489 e. The van der Waals surface area contributed by atoms with Gasteiger partial charge in [0.15, 0.2) is 6.61 Å². The smallest absolute Gasteiger partial charge is 0.260 e. The zero-order valence-corrected chi connectivity index (χ0v) is 13.9. The maximum atomic E-state index is 12.3. The number of benzene rings is 1. The first-order valence-corrected chi connectivity index (χ1v) is 8.24. The Labute approximate surface area is 142 Å². The van der Waals surface area contributed by atoms with Gasteiger partial charge in [-0.2, -0.15) is 0 Å². The van der Waals surface area contributed by atoms with Crippen LogP contribution in [0.15, 0.2) is 48.8 Å². The second-order valence-electron chi connectivity index (χ2n) is 5.99. The number of aromatic nitrogens is 1. The molecule has 5 nitrogen and oxygen atoms in total. The lowest BCUT2D eigenvalue weighted by atomic mass is 10.1. The van der Waals surface area contributed by atoms with Gasteiger partial charge in [0.25, 0.3) is 5.91 Å². The topological polar surface area (TPSA) is 51.7 Å². The lowest BCUT2D eigenvalue weighted by Gasteiger charge is -2.32. The van der Waals surface area contributed by atoms with Crippen molar-refractivity contribution < 1.29 is 14.3 Å². The van der Waals surface area contributed by atoms with Gasteiger partial charge in [-0.25, -0.2) is 0 Å². The minimum atomic E-state index is 0.0244. The number of likely N-dealkylation sites (tertiary alicyclic amines) is 1. The molecule has 5 heteroatoms. The predicted octanol–water partition coefficient (Wildman–Crippen LogP) is 2.84. The van der Waals surface area contributed by atoms with E-state index in [1.165, 1.54) is 0 Å². The van der Waals surface area contributed by atoms with Crippen molar-refractivity contribution in [3.63, 3.8) is 0 Å². The van der Waals surface area contributed by atoms with Crippen LogP contribution in [0.1, 0.15) is 18.4 Å². The number of ether oxygens (including phenoxy) is 2. The Morgan fingerprint density at radius 2 is 2.00 bits per heavy atom. The molecule has 126 valence electrons. The zero-order chi connectivity index (χ0) is 16.8. The lowest BCUT2D eigenvalue weighted by molar-refractivity contribution is -0.135. The van der Waals surface area contributed by atoms with Crippen LogP contribution in [0.25, 0.3) is 0 Å². The molecule has 1 aromatic carbocycles. The Morgan fingerprint density at radius 3 is 2.71 bits per heavy atom. The van der Waals surface area contributed by atoms with Gasteiger partial charge in [-0.3, -0.25) is 9.78 Å². The molecule has 1 amide bonds. The fourth-order valence-corrected chi connectivity index (χ4v) is 2.77. The molecule has 0 N–H and O–H groups in total. The molecule has 1 saturated heterocycles. The van der Waals surface area contributed by atoms with E-state index >= 15 is 0 Å². The van der Waals surface area contributed by atoms with Crippen molar-refractivity contribution in [1.82, 2.24) is 9.88 Å². The molecule has 3 rings (SSSR count). The van der Waals surface area contributed by atoms with E-state index in [1.807, 2.05) is 48.2 Å². The summed E-state index contributed by atoms with van der Waals surface area (Å²) < 4.78 is 11.5. The number of aryl methyl sites for hydroxylation is 1. The van der Waals surface area contributed by atoms with Crippen molar-refractivity contribution in [3.8, 4) is 11.5 Å². The Morgan fingerprint density at radius 1 is 1.21 bits per heavy atom. The number of hydrogen-bond acceptors (Lipinski definition) is 4. The van der Waals surface area contributed by atoms with Gasteiger partial charge in [0, 0.05) is 32.1 Å². The number of nitrogens with zero attached hydrogens (tertiary/aromatic N) is 2. The fraction of sp³-hybridized carbons (Fsp3) is 0.368. The maximum Gasteiger partial charge on any atom is 0.260 e. The monoisotopic (exact) mass is 326 g/mol. The minimum absolute atomic E-state index is 0.0244. The van der Waals surface area contributed by atoms with Gasteiger partial charge in [-0.1, -0.05) is 12.1 Å². The van der Waals surface area contributed by atoms with E-state index in [-0.39, 0.29) is 18.6 Å². The van der Waals surface area contributed by atoms with Gasteiger partial charge in [-0.05, 0) is 36.8 Å². The third kappa shape index (κ3) is 4.47. The van der Waals surface area contributed by atoms with Crippen LogP contribution >= 0.6 is 0 Å². The Kier molecular flexibility index (Phi) is 5.31. The van der Waals surface area contributed by atoms with Crippen molar-refractivity contribution in [2.24, 2.45) is 0 Å². The van der Waals surface area contributed by atoms with Crippen molar-refractivity contribution in [2.45, 2.75) is 25.9 Å². The predicted molar refractivity (Wildman–Crippen MR) is 91.1 cm³/mol. The van der Waals surface area contributed by atoms with E-state index < -0.39 is 0 Å². The summed E-state index contributed by atoms with van der Waals surface area (Å²) in [6, 6.07) is 11.5. The SMILES string of the molecule is Cc1cccc(OCC(=O)N2CCC(Oc3cccnc3)CC2)c1. The second kappa shape index (κ2) is 7.81. The van der Waals surface area contributed by atoms with Gasteiger partial charge in [0.2, 0.25) is 0 Å². The maximum absolute atomic E-state index is 12.3. The Balaban J connectivity index is 1.43. The summed E-state index contributed by atoms with van der Waals surface area (Å²) in [6.45, 7) is 3.47. The highest BCUT2D eigenvalue weighted by Gasteiger charge is 2.24. The average molecular weight is 326 g/mol. The van der Waals surface area contributed by atoms with Crippen LogP contribution in [0.2, 0.25) is 0 Å². The van der Waals surface area contributed by atoms with Crippen LogP contribution in [0.4, 0.5) is 0 Å². The molecule has 1 aromatic heterocycles. The molecule has 0 atom stereocenters. The van der Waals surface area contributed by atoms with E-state index in [4.69, 9.17) is 9.47 Å². The second-order valence-corrected chi connectivity index (χ2v) is 5.99. The van der Waals surface area contributed by atoms with Crippen LogP contribution in [0.3, 0.4) is 0 Å². The van der Waals surface area contributed by atoms with Gasteiger partial charge < -0.3 is 14.4 Å². The van der Waals surface area contributed by atoms with Crippen LogP contribution in [0.5, 0.6) is 11.5 Å². The van der Waals surface area contributed by atoms with Crippen LogP contribution < -0.4 is 9.47 Å². The highest BCUT2D eigenvalue weighted by molar-refractivity contribution is 5.77. The fourth-order valence-electron chi connectivity index (χ4n) is 2.77. The summed E-state index contributed by atoms with van der Waals surface area (Å²) in [5.74, 6) is 1.54. The third-order valence-electron chi connectivity index (χ3n) is 4.08. The first kappa shape index (κ1) is 16.3. The zero-order valence-electron chi connectivity index (χ0n) is 13.9. The van der Waals surface area contributed by atoms with E-state index in [2.05, 4.69) is 4.98 Å². The average Bonchev–Trinajstić information content (AvgIpc) is 2.61. The molecule has 2 heterocycles. The standard InChI is InChI=1S/C19H22N2O3/c1-15-4-2-5-17(12-15)23-14-19(22)21-10-7-16(8-11-21)24-18-6-3-9-20-13-18/h2-6,9,12-13,16H,7-8,10-11,14H2,1H3. The summed E-state index contributed by atoms with van der Waals surface area (Å²) >= 11 is 0. The highest BCUT2D eigenvalue weighted by Crippen LogP contribution is 2.18. The highest BCUT2D eigenvalue weighted by atomic mass is 16.5. The van der Waals surface area contributed by atoms with Gasteiger partial charge in [0.05, 0.1) is 6.20 Å². The van der Waals surface area contributed by atoms with Crippen molar-refractivity contribution in [2.75, 3.05) is 19.7 Å². The molecule has 0 saturated carbocycles. The molecule has 1 fully saturated rings. The molecule has 1 aliphatic rings. The molecule has 2 aromatic rings. The summed E-state index contributed by atoms with van der Waals surface area (Å²) in [5, 5.41) is 0. The number of rotatable bonds is 5. The largest absolute Gasteiger partial charge is 0.489 e. The Hall–Kier alpha value is -2.56. The van der Waals surface area contributed by atoms with Crippen molar-refractivity contribution in [3.05, 3.63) is 54.4 Å². The van der Waals surface area contributed by atoms with Gasteiger partial charge in [-0.15, -0.1) is 0 Å². The van der Waals surface area contributed by atoms with Crippen LogP contribution in [-0.2, 0) is 4.79 Å². The number of carbonyl (C=O) groups is 1. The third-order valence-corrected chi connectivity index (χ3v) is 4.08. The summed E-state index contributed by atoms with van der Waals surface area (Å²) in [6.07, 6.45) is 5.22. The van der Waals surface area contributed by atoms with Crippen molar-refractivity contribution in [1.29, 1.82) is 0 Å². The summed E-state index contributed by atoms with van der Waals surface area (Å²) in [5.41, 5.74) is 1.12. The molecule has 0 spiro atoms. The van der Waals surface area contributed by atoms with E-state index in [1.54, 1.807) is 12.4 Å². The first-order valence-electron chi connectivity index (χ1n) is 8.24. The quantitative estimate of drug-likeness (QED) is 0.848. The van der Waals surface area contributed by atoms with Crippen molar-refractivity contribution >= 4 is 5.91 Å². The first-order chi connectivity index (χ1) is 11.7. The molecule has 0 aliphatic carbocycles. The molecular formula is C19H22N2O3. The molecular weight excluding hydrogens is 304 g/mol.